The summed E-state index contributed by atoms with van der Waals surface area (Å²) >= 11 is 5.61. The van der Waals surface area contributed by atoms with Gasteiger partial charge in [0.15, 0.2) is 0 Å². The van der Waals surface area contributed by atoms with Gasteiger partial charge in [0.25, 0.3) is 5.91 Å². The second-order valence-electron chi connectivity index (χ2n) is 5.16. The van der Waals surface area contributed by atoms with Gasteiger partial charge in [0.05, 0.1) is 17.1 Å². The van der Waals surface area contributed by atoms with Crippen LogP contribution in [0.15, 0.2) is 36.4 Å². The molecular formula is C16H11ClF3NO. The summed E-state index contributed by atoms with van der Waals surface area (Å²) in [6.45, 7) is 2.07. The van der Waals surface area contributed by atoms with Crippen molar-refractivity contribution in [3.8, 4) is 0 Å². The highest BCUT2D eigenvalue weighted by Gasteiger charge is 2.35. The lowest BCUT2D eigenvalue weighted by Crippen LogP contribution is -2.24. The number of amides is 1. The van der Waals surface area contributed by atoms with Crippen molar-refractivity contribution in [1.82, 2.24) is 0 Å². The van der Waals surface area contributed by atoms with E-state index in [2.05, 4.69) is 0 Å². The molecule has 114 valence electrons. The molecule has 0 saturated heterocycles. The molecule has 0 aliphatic carbocycles. The van der Waals surface area contributed by atoms with Crippen LogP contribution in [0.1, 0.15) is 27.0 Å². The quantitative estimate of drug-likeness (QED) is 0.735. The van der Waals surface area contributed by atoms with Gasteiger partial charge in [-0.2, -0.15) is 13.2 Å². The topological polar surface area (TPSA) is 20.3 Å². The Bertz CT molecular complexity index is 770. The van der Waals surface area contributed by atoms with Crippen LogP contribution in [-0.4, -0.2) is 5.91 Å². The maximum atomic E-state index is 13.0. The van der Waals surface area contributed by atoms with Crippen molar-refractivity contribution in [2.75, 3.05) is 4.90 Å². The third-order valence-electron chi connectivity index (χ3n) is 3.71. The first-order chi connectivity index (χ1) is 10.3. The Hall–Kier alpha value is -2.01. The van der Waals surface area contributed by atoms with Crippen LogP contribution >= 0.6 is 11.6 Å². The molecule has 2 aromatic carbocycles. The molecule has 0 fully saturated rings. The van der Waals surface area contributed by atoms with Gasteiger partial charge in [-0.25, -0.2) is 0 Å². The normalized spacial score (nSPS) is 14.4. The lowest BCUT2D eigenvalue weighted by Gasteiger charge is -2.18. The number of anilines is 1. The van der Waals surface area contributed by atoms with Crippen LogP contribution in [0.2, 0.25) is 5.02 Å². The van der Waals surface area contributed by atoms with Crippen LogP contribution in [0.25, 0.3) is 0 Å². The van der Waals surface area contributed by atoms with Gasteiger partial charge in [-0.3, -0.25) is 4.79 Å². The molecule has 0 bridgehead atoms. The summed E-state index contributed by atoms with van der Waals surface area (Å²) in [6.07, 6.45) is -4.56. The maximum absolute atomic E-state index is 13.0. The molecular weight excluding hydrogens is 315 g/mol. The molecule has 0 aromatic heterocycles. The summed E-state index contributed by atoms with van der Waals surface area (Å²) < 4.78 is 38.9. The van der Waals surface area contributed by atoms with Gasteiger partial charge in [0.1, 0.15) is 0 Å². The summed E-state index contributed by atoms with van der Waals surface area (Å²) in [5.41, 5.74) is 1.44. The summed E-state index contributed by atoms with van der Waals surface area (Å²) in [5.74, 6) is -0.288. The Morgan fingerprint density at radius 2 is 1.91 bits per heavy atom. The largest absolute Gasteiger partial charge is 0.417 e. The molecule has 1 heterocycles. The van der Waals surface area contributed by atoms with Crippen molar-refractivity contribution in [1.29, 1.82) is 0 Å². The maximum Gasteiger partial charge on any atom is 0.417 e. The number of carbonyl (C=O) groups is 1. The van der Waals surface area contributed by atoms with E-state index in [-0.39, 0.29) is 23.2 Å². The molecule has 0 N–H and O–H groups in total. The number of hydrogen-bond acceptors (Lipinski definition) is 1. The van der Waals surface area contributed by atoms with E-state index < -0.39 is 11.7 Å². The Labute approximate surface area is 130 Å². The number of benzene rings is 2. The lowest BCUT2D eigenvalue weighted by molar-refractivity contribution is -0.137. The van der Waals surface area contributed by atoms with E-state index in [0.29, 0.717) is 5.56 Å². The number of nitrogens with zero attached hydrogens (tertiary/aromatic N) is 1. The van der Waals surface area contributed by atoms with Crippen molar-refractivity contribution in [3.05, 3.63) is 63.7 Å². The molecule has 1 amide bonds. The third kappa shape index (κ3) is 2.35. The molecule has 2 nitrogen and oxygen atoms in total. The van der Waals surface area contributed by atoms with Crippen LogP contribution in [0.4, 0.5) is 18.9 Å². The number of fused-ring (bicyclic) bond motifs is 1. The zero-order valence-corrected chi connectivity index (χ0v) is 12.3. The van der Waals surface area contributed by atoms with Crippen LogP contribution in [-0.2, 0) is 12.7 Å². The Morgan fingerprint density at radius 3 is 2.55 bits per heavy atom. The average Bonchev–Trinajstić information content (AvgIpc) is 2.77. The minimum atomic E-state index is -4.56. The van der Waals surface area contributed by atoms with E-state index in [0.717, 1.165) is 17.2 Å². The van der Waals surface area contributed by atoms with Gasteiger partial charge < -0.3 is 4.90 Å². The van der Waals surface area contributed by atoms with E-state index in [4.69, 9.17) is 11.6 Å². The second-order valence-corrected chi connectivity index (χ2v) is 5.57. The van der Waals surface area contributed by atoms with Crippen molar-refractivity contribution in [2.45, 2.75) is 19.6 Å². The fourth-order valence-electron chi connectivity index (χ4n) is 2.65. The molecule has 0 spiro atoms. The molecule has 3 rings (SSSR count). The average molecular weight is 326 g/mol. The minimum Gasteiger partial charge on any atom is -0.304 e. The smallest absolute Gasteiger partial charge is 0.304 e. The highest BCUT2D eigenvalue weighted by molar-refractivity contribution is 6.31. The number of aryl methyl sites for hydroxylation is 1. The second kappa shape index (κ2) is 5.02. The fourth-order valence-corrected chi connectivity index (χ4v) is 2.88. The zero-order valence-electron chi connectivity index (χ0n) is 11.5. The van der Waals surface area contributed by atoms with Gasteiger partial charge in [-0.15, -0.1) is 0 Å². The van der Waals surface area contributed by atoms with Crippen LogP contribution in [0, 0.1) is 6.92 Å². The molecule has 2 aromatic rings. The first-order valence-corrected chi connectivity index (χ1v) is 6.94. The van der Waals surface area contributed by atoms with Crippen LogP contribution < -0.4 is 4.90 Å². The van der Waals surface area contributed by atoms with E-state index in [9.17, 15) is 18.0 Å². The summed E-state index contributed by atoms with van der Waals surface area (Å²) in [6, 6.07) is 8.96. The number of alkyl halides is 3. The number of halogens is 4. The van der Waals surface area contributed by atoms with Gasteiger partial charge >= 0.3 is 6.18 Å². The van der Waals surface area contributed by atoms with E-state index >= 15 is 0 Å². The molecule has 0 unspecified atom stereocenters. The molecule has 0 radical (unpaired) electrons. The van der Waals surface area contributed by atoms with Crippen LogP contribution in [0.3, 0.4) is 0 Å². The highest BCUT2D eigenvalue weighted by atomic mass is 35.5. The lowest BCUT2D eigenvalue weighted by atomic mass is 10.0. The predicted molar refractivity (Wildman–Crippen MR) is 78.1 cm³/mol. The van der Waals surface area contributed by atoms with Crippen molar-refractivity contribution in [2.24, 2.45) is 0 Å². The standard InChI is InChI=1S/C16H11ClF3NO/c1-9-3-2-4-10-8-21(15(22)14(9)10)11-5-6-13(17)12(7-11)16(18,19)20/h2-7H,8H2,1H3. The summed E-state index contributed by atoms with van der Waals surface area (Å²) in [7, 11) is 0. The summed E-state index contributed by atoms with van der Waals surface area (Å²) in [5, 5.41) is -0.378. The van der Waals surface area contributed by atoms with Crippen molar-refractivity contribution < 1.29 is 18.0 Å². The van der Waals surface area contributed by atoms with Gasteiger partial charge in [0, 0.05) is 11.3 Å². The van der Waals surface area contributed by atoms with Crippen molar-refractivity contribution >= 4 is 23.2 Å². The molecule has 6 heteroatoms. The number of hydrogen-bond donors (Lipinski definition) is 0. The Balaban J connectivity index is 2.04. The SMILES string of the molecule is Cc1cccc2c1C(=O)N(c1ccc(Cl)c(C(F)(F)F)c1)C2. The van der Waals surface area contributed by atoms with Gasteiger partial charge in [0.2, 0.25) is 0 Å². The van der Waals surface area contributed by atoms with E-state index in [1.54, 1.807) is 6.07 Å². The number of carbonyl (C=O) groups excluding carboxylic acids is 1. The first kappa shape index (κ1) is 14.9. The van der Waals surface area contributed by atoms with Gasteiger partial charge in [-0.05, 0) is 36.2 Å². The third-order valence-corrected chi connectivity index (χ3v) is 4.04. The predicted octanol–water partition coefficient (Wildman–Crippen LogP) is 4.83. The highest BCUT2D eigenvalue weighted by Crippen LogP contribution is 2.38. The number of rotatable bonds is 1. The van der Waals surface area contributed by atoms with Gasteiger partial charge in [-0.1, -0.05) is 29.8 Å². The van der Waals surface area contributed by atoms with E-state index in [1.165, 1.54) is 17.0 Å². The fraction of sp³-hybridized carbons (Fsp3) is 0.188. The van der Waals surface area contributed by atoms with E-state index in [1.807, 2.05) is 19.1 Å². The Morgan fingerprint density at radius 1 is 1.18 bits per heavy atom. The molecule has 1 aliphatic heterocycles. The molecule has 0 saturated carbocycles. The molecule has 1 aliphatic rings. The molecule has 0 atom stereocenters. The van der Waals surface area contributed by atoms with Crippen LogP contribution in [0.5, 0.6) is 0 Å². The Kier molecular flexibility index (Phi) is 3.40. The zero-order chi connectivity index (χ0) is 16.1. The first-order valence-electron chi connectivity index (χ1n) is 6.56. The monoisotopic (exact) mass is 325 g/mol. The minimum absolute atomic E-state index is 0.192. The van der Waals surface area contributed by atoms with Crippen molar-refractivity contribution in [3.63, 3.8) is 0 Å². The molecule has 22 heavy (non-hydrogen) atoms. The summed E-state index contributed by atoms with van der Waals surface area (Å²) in [4.78, 5) is 13.8.